The molecule has 0 spiro atoms. The molecule has 6 heteroatoms. The third-order valence-corrected chi connectivity index (χ3v) is 4.18. The molecule has 1 aliphatic heterocycles. The molecule has 2 heterocycles. The van der Waals surface area contributed by atoms with Crippen molar-refractivity contribution in [3.8, 4) is 0 Å². The quantitative estimate of drug-likeness (QED) is 0.684. The van der Waals surface area contributed by atoms with Gasteiger partial charge in [0.15, 0.2) is 12.4 Å². The Kier molecular flexibility index (Phi) is 4.74. The van der Waals surface area contributed by atoms with E-state index >= 15 is 0 Å². The maximum Gasteiger partial charge on any atom is 0.259 e. The van der Waals surface area contributed by atoms with Crippen molar-refractivity contribution < 1.29 is 14.3 Å². The second-order valence-electron chi connectivity index (χ2n) is 5.86. The highest BCUT2D eigenvalue weighted by Crippen LogP contribution is 2.14. The van der Waals surface area contributed by atoms with Crippen molar-refractivity contribution in [1.82, 2.24) is 10.2 Å². The first kappa shape index (κ1) is 16.0. The summed E-state index contributed by atoms with van der Waals surface area (Å²) in [5.41, 5.74) is 1.03. The minimum absolute atomic E-state index is 0.0574. The molecule has 0 saturated carbocycles. The second-order valence-corrected chi connectivity index (χ2v) is 5.86. The van der Waals surface area contributed by atoms with E-state index in [2.05, 4.69) is 5.32 Å². The second kappa shape index (κ2) is 7.12. The van der Waals surface area contributed by atoms with Crippen LogP contribution in [-0.2, 0) is 0 Å². The number of nitrogens with one attached hydrogen (secondary N) is 1. The fourth-order valence-electron chi connectivity index (χ4n) is 2.85. The molecule has 6 nitrogen and oxygen atoms in total. The molecular formula is C18H19N3O3. The zero-order chi connectivity index (χ0) is 16.9. The van der Waals surface area contributed by atoms with E-state index < -0.39 is 0 Å². The predicted molar refractivity (Wildman–Crippen MR) is 88.2 cm³/mol. The molecule has 3 rings (SSSR count). The fraction of sp³-hybridized carbons (Fsp3) is 0.278. The molecule has 24 heavy (non-hydrogen) atoms. The van der Waals surface area contributed by atoms with Crippen LogP contribution in [0, 0.1) is 5.21 Å². The molecular weight excluding hydrogens is 306 g/mol. The molecule has 0 atom stereocenters. The standard InChI is InChI=1S/C18H19N3O3/c22-17(14-5-2-1-3-6-14)19-16-8-11-20(12-9-16)18(23)15-7-4-10-21(24)13-15/h1-7,10,13,16H,8-9,11-12H2,(H,19,22). The van der Waals surface area contributed by atoms with E-state index in [1.165, 1.54) is 12.4 Å². The number of piperidine rings is 1. The summed E-state index contributed by atoms with van der Waals surface area (Å²) in [6.07, 6.45) is 4.04. The number of carbonyl (C=O) groups is 2. The van der Waals surface area contributed by atoms with Crippen molar-refractivity contribution in [3.63, 3.8) is 0 Å². The molecule has 0 unspecified atom stereocenters. The lowest BCUT2D eigenvalue weighted by Gasteiger charge is -2.32. The van der Waals surface area contributed by atoms with E-state index in [9.17, 15) is 14.8 Å². The first-order valence-electron chi connectivity index (χ1n) is 7.97. The lowest BCUT2D eigenvalue weighted by atomic mass is 10.0. The van der Waals surface area contributed by atoms with Crippen LogP contribution in [0.5, 0.6) is 0 Å². The molecule has 0 bridgehead atoms. The highest BCUT2D eigenvalue weighted by Gasteiger charge is 2.25. The molecule has 0 radical (unpaired) electrons. The zero-order valence-corrected chi connectivity index (χ0v) is 13.2. The molecule has 124 valence electrons. The Hall–Kier alpha value is -2.89. The molecule has 1 aromatic heterocycles. The monoisotopic (exact) mass is 325 g/mol. The first-order chi connectivity index (χ1) is 11.6. The maximum atomic E-state index is 12.4. The number of aromatic nitrogens is 1. The highest BCUT2D eigenvalue weighted by atomic mass is 16.5. The third-order valence-electron chi connectivity index (χ3n) is 4.18. The molecule has 0 aliphatic carbocycles. The minimum Gasteiger partial charge on any atom is -0.619 e. The average molecular weight is 325 g/mol. The van der Waals surface area contributed by atoms with E-state index in [1.807, 2.05) is 18.2 Å². The van der Waals surface area contributed by atoms with Crippen LogP contribution < -0.4 is 10.0 Å². The number of rotatable bonds is 3. The lowest BCUT2D eigenvalue weighted by molar-refractivity contribution is -0.605. The average Bonchev–Trinajstić information content (AvgIpc) is 2.62. The SMILES string of the molecule is O=C(NC1CCN(C(=O)c2ccc[n+]([O-])c2)CC1)c1ccccc1. The van der Waals surface area contributed by atoms with Crippen molar-refractivity contribution in [1.29, 1.82) is 0 Å². The maximum absolute atomic E-state index is 12.4. The lowest BCUT2D eigenvalue weighted by Crippen LogP contribution is -2.46. The zero-order valence-electron chi connectivity index (χ0n) is 13.2. The summed E-state index contributed by atoms with van der Waals surface area (Å²) >= 11 is 0. The Bertz CT molecular complexity index is 725. The number of hydrogen-bond acceptors (Lipinski definition) is 3. The normalized spacial score (nSPS) is 15.1. The number of amides is 2. The van der Waals surface area contributed by atoms with Crippen LogP contribution in [0.4, 0.5) is 0 Å². The van der Waals surface area contributed by atoms with Gasteiger partial charge in [-0.1, -0.05) is 18.2 Å². The summed E-state index contributed by atoms with van der Waals surface area (Å²) in [7, 11) is 0. The van der Waals surface area contributed by atoms with Crippen LogP contribution in [-0.4, -0.2) is 35.8 Å². The van der Waals surface area contributed by atoms with E-state index in [4.69, 9.17) is 0 Å². The fourth-order valence-corrected chi connectivity index (χ4v) is 2.85. The van der Waals surface area contributed by atoms with Gasteiger partial charge < -0.3 is 15.4 Å². The number of benzene rings is 1. The Morgan fingerprint density at radius 3 is 2.38 bits per heavy atom. The van der Waals surface area contributed by atoms with Gasteiger partial charge in [-0.25, -0.2) is 0 Å². The summed E-state index contributed by atoms with van der Waals surface area (Å²) in [5.74, 6) is -0.233. The van der Waals surface area contributed by atoms with Crippen molar-refractivity contribution in [2.24, 2.45) is 0 Å². The molecule has 1 fully saturated rings. The Labute approximate surface area is 140 Å². The van der Waals surface area contributed by atoms with Crippen LogP contribution in [0.1, 0.15) is 33.6 Å². The van der Waals surface area contributed by atoms with Crippen molar-refractivity contribution in [2.75, 3.05) is 13.1 Å². The van der Waals surface area contributed by atoms with Gasteiger partial charge in [-0.3, -0.25) is 9.59 Å². The van der Waals surface area contributed by atoms with Gasteiger partial charge >= 0.3 is 0 Å². The largest absolute Gasteiger partial charge is 0.619 e. The summed E-state index contributed by atoms with van der Waals surface area (Å²) in [4.78, 5) is 26.3. The Morgan fingerprint density at radius 1 is 1.04 bits per heavy atom. The summed E-state index contributed by atoms with van der Waals surface area (Å²) < 4.78 is 0.625. The summed E-state index contributed by atoms with van der Waals surface area (Å²) in [6, 6.07) is 12.4. The molecule has 1 aromatic carbocycles. The minimum atomic E-state index is -0.145. The number of carbonyl (C=O) groups excluding carboxylic acids is 2. The van der Waals surface area contributed by atoms with Crippen LogP contribution >= 0.6 is 0 Å². The molecule has 1 aliphatic rings. The van der Waals surface area contributed by atoms with E-state index in [-0.39, 0.29) is 17.9 Å². The van der Waals surface area contributed by atoms with Gasteiger partial charge in [-0.2, -0.15) is 4.73 Å². The Balaban J connectivity index is 1.54. The highest BCUT2D eigenvalue weighted by molar-refractivity contribution is 5.95. The van der Waals surface area contributed by atoms with Crippen LogP contribution in [0.3, 0.4) is 0 Å². The molecule has 1 N–H and O–H groups in total. The topological polar surface area (TPSA) is 76.4 Å². The van der Waals surface area contributed by atoms with Gasteiger partial charge in [0.25, 0.3) is 11.8 Å². The van der Waals surface area contributed by atoms with Gasteiger partial charge in [0, 0.05) is 30.8 Å². The number of nitrogens with zero attached hydrogens (tertiary/aromatic N) is 2. The molecule has 1 saturated heterocycles. The smallest absolute Gasteiger partial charge is 0.259 e. The number of likely N-dealkylation sites (tertiary alicyclic amines) is 1. The van der Waals surface area contributed by atoms with Gasteiger partial charge in [-0.15, -0.1) is 0 Å². The van der Waals surface area contributed by atoms with Crippen LogP contribution in [0.25, 0.3) is 0 Å². The number of pyridine rings is 1. The van der Waals surface area contributed by atoms with E-state index in [0.29, 0.717) is 41.8 Å². The molecule has 2 amide bonds. The van der Waals surface area contributed by atoms with Crippen LogP contribution in [0.15, 0.2) is 54.9 Å². The van der Waals surface area contributed by atoms with Gasteiger partial charge in [0.05, 0.1) is 0 Å². The van der Waals surface area contributed by atoms with Gasteiger partial charge in [0.2, 0.25) is 0 Å². The summed E-state index contributed by atoms with van der Waals surface area (Å²) in [6.45, 7) is 1.12. The van der Waals surface area contributed by atoms with E-state index in [0.717, 1.165) is 0 Å². The molecule has 2 aromatic rings. The van der Waals surface area contributed by atoms with Crippen molar-refractivity contribution in [2.45, 2.75) is 18.9 Å². The van der Waals surface area contributed by atoms with Crippen LogP contribution in [0.2, 0.25) is 0 Å². The predicted octanol–water partition coefficient (Wildman–Crippen LogP) is 1.35. The Morgan fingerprint density at radius 2 is 1.71 bits per heavy atom. The first-order valence-corrected chi connectivity index (χ1v) is 7.97. The number of hydrogen-bond donors (Lipinski definition) is 1. The van der Waals surface area contributed by atoms with Gasteiger partial charge in [-0.05, 0) is 31.0 Å². The third kappa shape index (κ3) is 3.71. The van der Waals surface area contributed by atoms with Gasteiger partial charge in [0.1, 0.15) is 5.56 Å². The summed E-state index contributed by atoms with van der Waals surface area (Å²) in [5, 5.41) is 14.3. The van der Waals surface area contributed by atoms with E-state index in [1.54, 1.807) is 29.2 Å². The van der Waals surface area contributed by atoms with Crippen molar-refractivity contribution >= 4 is 11.8 Å². The van der Waals surface area contributed by atoms with Crippen molar-refractivity contribution in [3.05, 3.63) is 71.2 Å².